The third kappa shape index (κ3) is 1.96. The minimum Gasteiger partial charge on any atom is -0.300 e. The maximum Gasteiger partial charge on any atom is 0.299 e. The molecule has 0 aromatic heterocycles. The highest BCUT2D eigenvalue weighted by Crippen LogP contribution is 2.34. The van der Waals surface area contributed by atoms with Crippen molar-refractivity contribution in [3.05, 3.63) is 63.6 Å². The van der Waals surface area contributed by atoms with Gasteiger partial charge in [-0.15, -0.1) is 0 Å². The summed E-state index contributed by atoms with van der Waals surface area (Å²) in [5.41, 5.74) is 3.15. The Morgan fingerprint density at radius 3 is 2.55 bits per heavy atom. The predicted molar refractivity (Wildman–Crippen MR) is 80.8 cm³/mol. The quantitative estimate of drug-likeness (QED) is 0.791. The van der Waals surface area contributed by atoms with Crippen LogP contribution in [0.1, 0.15) is 21.5 Å². The Bertz CT molecular complexity index is 724. The maximum atomic E-state index is 12.2. The molecule has 0 saturated heterocycles. The fraction of sp³-hybridized carbons (Fsp3) is 0.125. The highest BCUT2D eigenvalue weighted by Gasteiger charge is 2.36. The van der Waals surface area contributed by atoms with E-state index in [4.69, 9.17) is 0 Å². The van der Waals surface area contributed by atoms with Gasteiger partial charge in [0.1, 0.15) is 0 Å². The second-order valence-electron chi connectivity index (χ2n) is 4.78. The smallest absolute Gasteiger partial charge is 0.299 e. The lowest BCUT2D eigenvalue weighted by Gasteiger charge is -2.19. The lowest BCUT2D eigenvalue weighted by atomic mass is 10.1. The number of hydrogen-bond acceptors (Lipinski definition) is 2. The number of aryl methyl sites for hydroxylation is 1. The molecule has 2 aromatic rings. The molecule has 2 aromatic carbocycles. The van der Waals surface area contributed by atoms with Crippen LogP contribution >= 0.6 is 15.9 Å². The van der Waals surface area contributed by atoms with Crippen molar-refractivity contribution in [1.29, 1.82) is 0 Å². The molecule has 100 valence electrons. The standard InChI is InChI=1S/C16H12BrNO2/c1-10-5-4-7-12-14(10)18(16(20)15(12)19)9-11-6-2-3-8-13(11)17/h2-8H,9H2,1H3. The van der Waals surface area contributed by atoms with Gasteiger partial charge in [0.15, 0.2) is 0 Å². The lowest BCUT2D eigenvalue weighted by molar-refractivity contribution is -0.114. The average molecular weight is 330 g/mol. The van der Waals surface area contributed by atoms with Crippen molar-refractivity contribution >= 4 is 33.3 Å². The Hall–Kier alpha value is -1.94. The second kappa shape index (κ2) is 4.87. The van der Waals surface area contributed by atoms with E-state index in [1.54, 1.807) is 17.0 Å². The Labute approximate surface area is 125 Å². The van der Waals surface area contributed by atoms with Gasteiger partial charge in [0.2, 0.25) is 0 Å². The van der Waals surface area contributed by atoms with Gasteiger partial charge in [-0.3, -0.25) is 9.59 Å². The molecule has 0 atom stereocenters. The fourth-order valence-corrected chi connectivity index (χ4v) is 2.90. The van der Waals surface area contributed by atoms with Crippen molar-refractivity contribution in [1.82, 2.24) is 0 Å². The molecule has 0 N–H and O–H groups in total. The topological polar surface area (TPSA) is 37.4 Å². The summed E-state index contributed by atoms with van der Waals surface area (Å²) >= 11 is 3.47. The van der Waals surface area contributed by atoms with Crippen molar-refractivity contribution in [2.24, 2.45) is 0 Å². The van der Waals surface area contributed by atoms with E-state index >= 15 is 0 Å². The van der Waals surface area contributed by atoms with Crippen LogP contribution in [0.2, 0.25) is 0 Å². The number of anilines is 1. The van der Waals surface area contributed by atoms with Gasteiger partial charge >= 0.3 is 0 Å². The van der Waals surface area contributed by atoms with Crippen LogP contribution in [-0.2, 0) is 11.3 Å². The van der Waals surface area contributed by atoms with Crippen LogP contribution in [0, 0.1) is 6.92 Å². The van der Waals surface area contributed by atoms with Gasteiger partial charge < -0.3 is 4.90 Å². The molecule has 20 heavy (non-hydrogen) atoms. The number of nitrogens with zero attached hydrogens (tertiary/aromatic N) is 1. The van der Waals surface area contributed by atoms with Gasteiger partial charge in [-0.2, -0.15) is 0 Å². The minimum atomic E-state index is -0.454. The summed E-state index contributed by atoms with van der Waals surface area (Å²) in [7, 11) is 0. The normalized spacial score (nSPS) is 13.8. The number of carbonyl (C=O) groups excluding carboxylic acids is 2. The highest BCUT2D eigenvalue weighted by atomic mass is 79.9. The number of Topliss-reactive ketones (excluding diaryl/α,β-unsaturated/α-hetero) is 1. The summed E-state index contributed by atoms with van der Waals surface area (Å²) in [5.74, 6) is -0.874. The van der Waals surface area contributed by atoms with E-state index in [2.05, 4.69) is 15.9 Å². The number of fused-ring (bicyclic) bond motifs is 1. The summed E-state index contributed by atoms with van der Waals surface area (Å²) in [5, 5.41) is 0. The number of halogens is 1. The largest absolute Gasteiger partial charge is 0.300 e. The number of ketones is 1. The summed E-state index contributed by atoms with van der Waals surface area (Å²) in [6.07, 6.45) is 0. The highest BCUT2D eigenvalue weighted by molar-refractivity contribution is 9.10. The maximum absolute atomic E-state index is 12.2. The van der Waals surface area contributed by atoms with Gasteiger partial charge in [0, 0.05) is 4.47 Å². The van der Waals surface area contributed by atoms with E-state index in [0.717, 1.165) is 21.3 Å². The summed E-state index contributed by atoms with van der Waals surface area (Å²) in [6, 6.07) is 13.1. The number of amides is 1. The third-order valence-electron chi connectivity index (χ3n) is 3.48. The van der Waals surface area contributed by atoms with Crippen LogP contribution in [0.15, 0.2) is 46.9 Å². The van der Waals surface area contributed by atoms with Crippen LogP contribution in [0.25, 0.3) is 0 Å². The van der Waals surface area contributed by atoms with E-state index in [9.17, 15) is 9.59 Å². The molecule has 0 spiro atoms. The van der Waals surface area contributed by atoms with Crippen LogP contribution in [0.3, 0.4) is 0 Å². The van der Waals surface area contributed by atoms with E-state index in [0.29, 0.717) is 12.1 Å². The Kier molecular flexibility index (Phi) is 3.18. The minimum absolute atomic E-state index is 0.393. The first-order chi connectivity index (χ1) is 9.59. The first-order valence-corrected chi connectivity index (χ1v) is 7.08. The molecule has 3 nitrogen and oxygen atoms in total. The number of carbonyl (C=O) groups is 2. The number of rotatable bonds is 2. The second-order valence-corrected chi connectivity index (χ2v) is 5.64. The zero-order chi connectivity index (χ0) is 14.3. The van der Waals surface area contributed by atoms with Crippen molar-refractivity contribution in [2.45, 2.75) is 13.5 Å². The molecule has 0 bridgehead atoms. The molecule has 1 heterocycles. The molecule has 1 amide bonds. The number of para-hydroxylation sites is 1. The van der Waals surface area contributed by atoms with Crippen molar-refractivity contribution in [3.63, 3.8) is 0 Å². The van der Waals surface area contributed by atoms with Gasteiger partial charge in [-0.1, -0.05) is 46.3 Å². The SMILES string of the molecule is Cc1cccc2c1N(Cc1ccccc1Br)C(=O)C2=O. The third-order valence-corrected chi connectivity index (χ3v) is 4.25. The summed E-state index contributed by atoms with van der Waals surface area (Å²) < 4.78 is 0.933. The number of benzene rings is 2. The van der Waals surface area contributed by atoms with Gasteiger partial charge in [0.05, 0.1) is 17.8 Å². The van der Waals surface area contributed by atoms with E-state index in [1.165, 1.54) is 0 Å². The Morgan fingerprint density at radius 1 is 1.05 bits per heavy atom. The van der Waals surface area contributed by atoms with Crippen LogP contribution < -0.4 is 4.90 Å². The van der Waals surface area contributed by atoms with E-state index in [-0.39, 0.29) is 0 Å². The van der Waals surface area contributed by atoms with Crippen LogP contribution in [0.5, 0.6) is 0 Å². The molecule has 1 aliphatic heterocycles. The first kappa shape index (κ1) is 13.1. The van der Waals surface area contributed by atoms with Crippen molar-refractivity contribution in [3.8, 4) is 0 Å². The molecule has 0 saturated carbocycles. The summed E-state index contributed by atoms with van der Waals surface area (Å²) in [6.45, 7) is 2.31. The Balaban J connectivity index is 2.06. The number of hydrogen-bond donors (Lipinski definition) is 0. The average Bonchev–Trinajstić information content (AvgIpc) is 2.68. The monoisotopic (exact) mass is 329 g/mol. The molecular formula is C16H12BrNO2. The van der Waals surface area contributed by atoms with E-state index in [1.807, 2.05) is 37.3 Å². The van der Waals surface area contributed by atoms with Crippen molar-refractivity contribution in [2.75, 3.05) is 4.90 Å². The molecular weight excluding hydrogens is 318 g/mol. The Morgan fingerprint density at radius 2 is 1.80 bits per heavy atom. The molecule has 0 fully saturated rings. The predicted octanol–water partition coefficient (Wildman–Crippen LogP) is 3.49. The molecule has 0 radical (unpaired) electrons. The summed E-state index contributed by atoms with van der Waals surface area (Å²) in [4.78, 5) is 25.8. The molecule has 1 aliphatic rings. The zero-order valence-electron chi connectivity index (χ0n) is 10.9. The van der Waals surface area contributed by atoms with Gasteiger partial charge in [-0.05, 0) is 30.2 Å². The van der Waals surface area contributed by atoms with Gasteiger partial charge in [0.25, 0.3) is 11.7 Å². The van der Waals surface area contributed by atoms with E-state index < -0.39 is 11.7 Å². The first-order valence-electron chi connectivity index (χ1n) is 6.29. The van der Waals surface area contributed by atoms with Gasteiger partial charge in [-0.25, -0.2) is 0 Å². The van der Waals surface area contributed by atoms with Crippen molar-refractivity contribution < 1.29 is 9.59 Å². The molecule has 0 aliphatic carbocycles. The molecule has 3 rings (SSSR count). The molecule has 4 heteroatoms. The molecule has 0 unspecified atom stereocenters. The van der Waals surface area contributed by atoms with Crippen LogP contribution in [-0.4, -0.2) is 11.7 Å². The fourth-order valence-electron chi connectivity index (χ4n) is 2.49. The van der Waals surface area contributed by atoms with Crippen LogP contribution in [0.4, 0.5) is 5.69 Å². The zero-order valence-corrected chi connectivity index (χ0v) is 12.5. The lowest BCUT2D eigenvalue weighted by Crippen LogP contribution is -2.29.